The summed E-state index contributed by atoms with van der Waals surface area (Å²) in [6.45, 7) is 2.83. The van der Waals surface area contributed by atoms with Gasteiger partial charge in [0.1, 0.15) is 18.1 Å². The van der Waals surface area contributed by atoms with Crippen molar-refractivity contribution >= 4 is 0 Å². The van der Waals surface area contributed by atoms with E-state index in [4.69, 9.17) is 14.6 Å². The molecule has 0 radical (unpaired) electrons. The average Bonchev–Trinajstić information content (AvgIpc) is 2.47. The van der Waals surface area contributed by atoms with Gasteiger partial charge in [-0.25, -0.2) is 0 Å². The maximum atomic E-state index is 9.15. The summed E-state index contributed by atoms with van der Waals surface area (Å²) in [6.07, 6.45) is 0.301. The highest BCUT2D eigenvalue weighted by molar-refractivity contribution is 5.31. The van der Waals surface area contributed by atoms with Gasteiger partial charge in [0.15, 0.2) is 0 Å². The van der Waals surface area contributed by atoms with Crippen LogP contribution in [0.15, 0.2) is 54.6 Å². The monoisotopic (exact) mass is 272 g/mol. The molecule has 1 N–H and O–H groups in total. The average molecular weight is 272 g/mol. The van der Waals surface area contributed by atoms with E-state index in [2.05, 4.69) is 0 Å². The van der Waals surface area contributed by atoms with Gasteiger partial charge in [0.25, 0.3) is 0 Å². The first-order chi connectivity index (χ1) is 9.74. The number of aliphatic hydroxyl groups is 1. The molecular weight excluding hydrogens is 252 g/mol. The molecule has 0 fully saturated rings. The summed E-state index contributed by atoms with van der Waals surface area (Å²) >= 11 is 0. The lowest BCUT2D eigenvalue weighted by molar-refractivity contribution is 0.155. The molecule has 0 amide bonds. The predicted molar refractivity (Wildman–Crippen MR) is 79.0 cm³/mol. The molecule has 0 aliphatic carbocycles. The Kier molecular flexibility index (Phi) is 5.44. The van der Waals surface area contributed by atoms with Crippen molar-refractivity contribution in [3.05, 3.63) is 60.2 Å². The van der Waals surface area contributed by atoms with Crippen LogP contribution in [0, 0.1) is 0 Å². The van der Waals surface area contributed by atoms with E-state index in [1.165, 1.54) is 0 Å². The molecule has 2 aromatic carbocycles. The normalized spacial score (nSPS) is 11.9. The molecule has 0 saturated heterocycles. The number of hydrogen-bond acceptors (Lipinski definition) is 3. The third kappa shape index (κ3) is 4.94. The van der Waals surface area contributed by atoms with E-state index >= 15 is 0 Å². The van der Waals surface area contributed by atoms with E-state index in [9.17, 15) is 0 Å². The first-order valence-corrected chi connectivity index (χ1v) is 6.82. The summed E-state index contributed by atoms with van der Waals surface area (Å²) in [4.78, 5) is 0. The maximum Gasteiger partial charge on any atom is 0.120 e. The highest BCUT2D eigenvalue weighted by Gasteiger charge is 1.99. The number of hydrogen-bond donors (Lipinski definition) is 1. The summed E-state index contributed by atoms with van der Waals surface area (Å²) < 4.78 is 11.2. The van der Waals surface area contributed by atoms with Crippen LogP contribution in [0.25, 0.3) is 0 Å². The van der Waals surface area contributed by atoms with Crippen LogP contribution in [0.3, 0.4) is 0 Å². The van der Waals surface area contributed by atoms with Gasteiger partial charge in [-0.05, 0) is 36.8 Å². The topological polar surface area (TPSA) is 38.7 Å². The molecule has 106 valence electrons. The lowest BCUT2D eigenvalue weighted by Gasteiger charge is -2.09. The fraction of sp³-hybridized carbons (Fsp3) is 0.294. The van der Waals surface area contributed by atoms with Crippen molar-refractivity contribution in [2.75, 3.05) is 6.61 Å². The molecule has 0 aromatic heterocycles. The number of rotatable bonds is 7. The van der Waals surface area contributed by atoms with E-state index < -0.39 is 0 Å². The van der Waals surface area contributed by atoms with Crippen molar-refractivity contribution in [1.29, 1.82) is 0 Å². The van der Waals surface area contributed by atoms with Crippen LogP contribution in [0.2, 0.25) is 0 Å². The second kappa shape index (κ2) is 7.56. The quantitative estimate of drug-likeness (QED) is 0.839. The highest BCUT2D eigenvalue weighted by atomic mass is 16.5. The first kappa shape index (κ1) is 14.4. The van der Waals surface area contributed by atoms with Gasteiger partial charge in [0.05, 0.1) is 12.7 Å². The van der Waals surface area contributed by atoms with Crippen LogP contribution < -0.4 is 9.47 Å². The van der Waals surface area contributed by atoms with Crippen LogP contribution in [0.1, 0.15) is 18.9 Å². The minimum Gasteiger partial charge on any atom is -0.493 e. The van der Waals surface area contributed by atoms with Gasteiger partial charge in [0, 0.05) is 6.42 Å². The standard InChI is InChI=1S/C17H20O3/c1-14(18)11-12-19-16-7-9-17(10-8-16)20-13-15-5-3-2-4-6-15/h2-10,14,18H,11-13H2,1H3. The molecule has 2 aromatic rings. The summed E-state index contributed by atoms with van der Waals surface area (Å²) in [6, 6.07) is 17.6. The van der Waals surface area contributed by atoms with Crippen molar-refractivity contribution in [2.24, 2.45) is 0 Å². The molecule has 0 heterocycles. The second-order valence-electron chi connectivity index (χ2n) is 4.73. The highest BCUT2D eigenvalue weighted by Crippen LogP contribution is 2.18. The Labute approximate surface area is 119 Å². The van der Waals surface area contributed by atoms with E-state index in [-0.39, 0.29) is 6.10 Å². The van der Waals surface area contributed by atoms with Gasteiger partial charge < -0.3 is 14.6 Å². The van der Waals surface area contributed by atoms with Crippen molar-refractivity contribution in [3.63, 3.8) is 0 Å². The lowest BCUT2D eigenvalue weighted by atomic mass is 10.2. The summed E-state index contributed by atoms with van der Waals surface area (Å²) in [5.41, 5.74) is 1.14. The van der Waals surface area contributed by atoms with Crippen LogP contribution in [0.4, 0.5) is 0 Å². The molecule has 3 heteroatoms. The fourth-order valence-corrected chi connectivity index (χ4v) is 1.72. The molecule has 0 aliphatic rings. The van der Waals surface area contributed by atoms with Gasteiger partial charge >= 0.3 is 0 Å². The van der Waals surface area contributed by atoms with Gasteiger partial charge in [-0.15, -0.1) is 0 Å². The smallest absolute Gasteiger partial charge is 0.120 e. The SMILES string of the molecule is CC(O)CCOc1ccc(OCc2ccccc2)cc1. The van der Waals surface area contributed by atoms with Gasteiger partial charge in [-0.1, -0.05) is 30.3 Å². The van der Waals surface area contributed by atoms with Crippen molar-refractivity contribution in [2.45, 2.75) is 26.1 Å². The van der Waals surface area contributed by atoms with E-state index in [1.54, 1.807) is 6.92 Å². The maximum absolute atomic E-state index is 9.15. The van der Waals surface area contributed by atoms with Gasteiger partial charge in [0.2, 0.25) is 0 Å². The van der Waals surface area contributed by atoms with Gasteiger partial charge in [-0.2, -0.15) is 0 Å². The third-order valence-corrected chi connectivity index (χ3v) is 2.88. The number of aliphatic hydroxyl groups excluding tert-OH is 1. The fourth-order valence-electron chi connectivity index (χ4n) is 1.72. The number of benzene rings is 2. The minimum absolute atomic E-state index is 0.330. The van der Waals surface area contributed by atoms with Crippen LogP contribution in [0.5, 0.6) is 11.5 Å². The molecule has 0 spiro atoms. The third-order valence-electron chi connectivity index (χ3n) is 2.88. The van der Waals surface area contributed by atoms with Crippen LogP contribution in [-0.2, 0) is 6.61 Å². The molecule has 1 unspecified atom stereocenters. The molecule has 0 aliphatic heterocycles. The van der Waals surface area contributed by atoms with E-state index in [1.807, 2.05) is 54.6 Å². The summed E-state index contributed by atoms with van der Waals surface area (Å²) in [5, 5.41) is 9.15. The second-order valence-corrected chi connectivity index (χ2v) is 4.73. The Morgan fingerprint density at radius 2 is 1.50 bits per heavy atom. The van der Waals surface area contributed by atoms with Crippen LogP contribution in [-0.4, -0.2) is 17.8 Å². The van der Waals surface area contributed by atoms with Crippen molar-refractivity contribution in [3.8, 4) is 11.5 Å². The zero-order valence-corrected chi connectivity index (χ0v) is 11.7. The zero-order chi connectivity index (χ0) is 14.2. The molecule has 2 rings (SSSR count). The van der Waals surface area contributed by atoms with E-state index in [0.717, 1.165) is 17.1 Å². The Morgan fingerprint density at radius 3 is 2.10 bits per heavy atom. The van der Waals surface area contributed by atoms with Crippen LogP contribution >= 0.6 is 0 Å². The van der Waals surface area contributed by atoms with Crippen molar-refractivity contribution < 1.29 is 14.6 Å². The molecule has 3 nitrogen and oxygen atoms in total. The zero-order valence-electron chi connectivity index (χ0n) is 11.7. The lowest BCUT2D eigenvalue weighted by Crippen LogP contribution is -2.07. The molecule has 0 bridgehead atoms. The molecule has 0 saturated carbocycles. The Bertz CT molecular complexity index is 491. The predicted octanol–water partition coefficient (Wildman–Crippen LogP) is 3.42. The first-order valence-electron chi connectivity index (χ1n) is 6.82. The number of ether oxygens (including phenoxy) is 2. The summed E-state index contributed by atoms with van der Waals surface area (Å²) in [5.74, 6) is 1.61. The Morgan fingerprint density at radius 1 is 0.900 bits per heavy atom. The largest absolute Gasteiger partial charge is 0.493 e. The van der Waals surface area contributed by atoms with Crippen molar-refractivity contribution in [1.82, 2.24) is 0 Å². The summed E-state index contributed by atoms with van der Waals surface area (Å²) in [7, 11) is 0. The molecule has 20 heavy (non-hydrogen) atoms. The van der Waals surface area contributed by atoms with Gasteiger partial charge in [-0.3, -0.25) is 0 Å². The molecule has 1 atom stereocenters. The molecular formula is C17H20O3. The Balaban J connectivity index is 1.79. The minimum atomic E-state index is -0.330. The Hall–Kier alpha value is -2.00. The van der Waals surface area contributed by atoms with E-state index in [0.29, 0.717) is 19.6 Å².